The van der Waals surface area contributed by atoms with Crippen LogP contribution in [-0.4, -0.2) is 34.1 Å². The Kier molecular flexibility index (Phi) is 6.60. The molecule has 2 N–H and O–H groups in total. The molecule has 0 radical (unpaired) electrons. The van der Waals surface area contributed by atoms with Crippen LogP contribution in [0, 0.1) is 39.4 Å². The number of carbonyl (C=O) groups is 2. The number of aromatic nitrogens is 1. The van der Waals surface area contributed by atoms with Crippen molar-refractivity contribution in [1.82, 2.24) is 10.5 Å². The van der Waals surface area contributed by atoms with Gasteiger partial charge in [0.1, 0.15) is 11.5 Å². The van der Waals surface area contributed by atoms with Crippen LogP contribution in [-0.2, 0) is 21.4 Å². The first kappa shape index (κ1) is 29.2. The summed E-state index contributed by atoms with van der Waals surface area (Å²) in [5.74, 6) is 1.91. The van der Waals surface area contributed by atoms with E-state index in [-0.39, 0.29) is 69.7 Å². The molecule has 1 aromatic heterocycles. The van der Waals surface area contributed by atoms with E-state index in [4.69, 9.17) is 4.52 Å². The average Bonchev–Trinajstić information content (AvgIpc) is 3.28. The molecule has 6 nitrogen and oxygen atoms in total. The van der Waals surface area contributed by atoms with Crippen LogP contribution in [0.25, 0.3) is 0 Å². The van der Waals surface area contributed by atoms with Gasteiger partial charge < -0.3 is 14.9 Å². The van der Waals surface area contributed by atoms with Crippen LogP contribution < -0.4 is 24.2 Å². The van der Waals surface area contributed by atoms with E-state index >= 15 is 0 Å². The van der Waals surface area contributed by atoms with Crippen molar-refractivity contribution in [3.05, 3.63) is 35.1 Å². The fourth-order valence-electron chi connectivity index (χ4n) is 10.5. The van der Waals surface area contributed by atoms with E-state index in [1.165, 1.54) is 17.1 Å². The standard InChI is InChI=1S/C32H45N2O4.Li/c1-27(2)10-12-32(33-18-24(36)37)13-11-31(7)25(20(32)16-27)21(35)14-23-29(5)15-19-17-34-38-26(19)28(3,4)22(29)8-9-30(23,31)6;/h14,17,22,25,33H,8-13,15-16,18H2,1-7H3,(H,36,37);/q-1;+1/t22?,25-,29-,30+,31+,32-;/m0./s1. The maximum Gasteiger partial charge on any atom is 1.00 e. The quantitative estimate of drug-likeness (QED) is 0.463. The van der Waals surface area contributed by atoms with Crippen molar-refractivity contribution in [2.75, 3.05) is 6.54 Å². The first-order valence-electron chi connectivity index (χ1n) is 14.6. The molecule has 0 bridgehead atoms. The molecule has 0 amide bonds. The summed E-state index contributed by atoms with van der Waals surface area (Å²) in [4.78, 5) is 26.1. The number of hydrogen-bond donors (Lipinski definition) is 2. The smallest absolute Gasteiger partial charge is 0.480 e. The van der Waals surface area contributed by atoms with Gasteiger partial charge in [-0.15, -0.1) is 5.54 Å². The van der Waals surface area contributed by atoms with E-state index < -0.39 is 5.97 Å². The summed E-state index contributed by atoms with van der Waals surface area (Å²) in [6.45, 7) is 16.4. The summed E-state index contributed by atoms with van der Waals surface area (Å²) < 4.78 is 5.79. The van der Waals surface area contributed by atoms with Crippen LogP contribution in [0.15, 0.2) is 22.4 Å². The van der Waals surface area contributed by atoms with Crippen molar-refractivity contribution >= 4 is 11.8 Å². The number of nitrogens with one attached hydrogen (secondary N) is 1. The van der Waals surface area contributed by atoms with Crippen molar-refractivity contribution in [1.29, 1.82) is 0 Å². The summed E-state index contributed by atoms with van der Waals surface area (Å²) in [5.41, 5.74) is 1.69. The van der Waals surface area contributed by atoms with Gasteiger partial charge in [-0.2, -0.15) is 6.42 Å². The molecule has 6 atom stereocenters. The van der Waals surface area contributed by atoms with E-state index in [9.17, 15) is 14.7 Å². The number of carbonyl (C=O) groups excluding carboxylic acids is 1. The Morgan fingerprint density at radius 3 is 2.49 bits per heavy atom. The third-order valence-electron chi connectivity index (χ3n) is 12.5. The summed E-state index contributed by atoms with van der Waals surface area (Å²) >= 11 is 0. The van der Waals surface area contributed by atoms with Crippen LogP contribution in [0.3, 0.4) is 0 Å². The molecule has 0 saturated heterocycles. The van der Waals surface area contributed by atoms with Gasteiger partial charge in [-0.1, -0.05) is 89.8 Å². The molecule has 3 fully saturated rings. The van der Waals surface area contributed by atoms with Crippen molar-refractivity contribution < 1.29 is 38.1 Å². The van der Waals surface area contributed by atoms with E-state index in [0.29, 0.717) is 5.92 Å². The number of allylic oxidation sites excluding steroid dienone is 2. The predicted molar refractivity (Wildman–Crippen MR) is 145 cm³/mol. The van der Waals surface area contributed by atoms with Gasteiger partial charge in [0.2, 0.25) is 0 Å². The Hall–Kier alpha value is -1.35. The van der Waals surface area contributed by atoms with Crippen molar-refractivity contribution in [3.63, 3.8) is 0 Å². The molecular formula is C32H45LiN2O4. The largest absolute Gasteiger partial charge is 1.00 e. The molecule has 1 aromatic rings. The molecule has 39 heavy (non-hydrogen) atoms. The molecule has 0 aromatic carbocycles. The van der Waals surface area contributed by atoms with Crippen LogP contribution in [0.2, 0.25) is 0 Å². The third kappa shape index (κ3) is 3.80. The minimum Gasteiger partial charge on any atom is -0.480 e. The van der Waals surface area contributed by atoms with Gasteiger partial charge in [-0.25, -0.2) is 0 Å². The van der Waals surface area contributed by atoms with Gasteiger partial charge >= 0.3 is 24.8 Å². The fourth-order valence-corrected chi connectivity index (χ4v) is 10.5. The number of rotatable bonds is 3. The number of carboxylic acids is 1. The summed E-state index contributed by atoms with van der Waals surface area (Å²) in [7, 11) is 0. The zero-order valence-corrected chi connectivity index (χ0v) is 25.3. The molecule has 5 aliphatic rings. The number of hydrogen-bond acceptors (Lipinski definition) is 5. The molecule has 0 spiro atoms. The second-order valence-corrected chi connectivity index (χ2v) is 15.4. The Bertz CT molecular complexity index is 1230. The van der Waals surface area contributed by atoms with E-state index in [1.54, 1.807) is 0 Å². The summed E-state index contributed by atoms with van der Waals surface area (Å²) in [6, 6.07) is 0. The Morgan fingerprint density at radius 1 is 1.10 bits per heavy atom. The number of ketones is 1. The second-order valence-electron chi connectivity index (χ2n) is 15.4. The average molecular weight is 529 g/mol. The van der Waals surface area contributed by atoms with Gasteiger partial charge in [0.05, 0.1) is 12.7 Å². The molecule has 208 valence electrons. The molecule has 0 aliphatic heterocycles. The van der Waals surface area contributed by atoms with Gasteiger partial charge in [-0.3, -0.25) is 15.5 Å². The topological polar surface area (TPSA) is 92.4 Å². The SMILES string of the molecule is CC1(C)CC[C@]2(NCC(=O)O)CC[C@]3(C)[C@H](C(=O)C=C4[C@@]5(C)Cc6cnoc6C(C)(C)C5CC[C@]43C)[C-]2C1.[Li+]. The summed E-state index contributed by atoms with van der Waals surface area (Å²) in [5, 5.41) is 17.2. The minimum atomic E-state index is -0.833. The zero-order chi connectivity index (χ0) is 27.5. The Labute approximate surface area is 245 Å². The summed E-state index contributed by atoms with van der Waals surface area (Å²) in [6.07, 6.45) is 11.6. The molecule has 1 heterocycles. The Balaban J connectivity index is 0.00000308. The molecule has 3 saturated carbocycles. The van der Waals surface area contributed by atoms with Crippen molar-refractivity contribution in [2.24, 2.45) is 33.5 Å². The Morgan fingerprint density at radius 2 is 1.79 bits per heavy atom. The molecule has 6 rings (SSSR count). The van der Waals surface area contributed by atoms with E-state index in [2.05, 4.69) is 65.0 Å². The molecule has 7 heteroatoms. The second kappa shape index (κ2) is 8.82. The zero-order valence-electron chi connectivity index (χ0n) is 25.3. The number of carboxylic acid groups (broad SMARTS) is 1. The minimum absolute atomic E-state index is 0. The molecule has 1 unspecified atom stereocenters. The van der Waals surface area contributed by atoms with Crippen LogP contribution in [0.5, 0.6) is 0 Å². The van der Waals surface area contributed by atoms with Gasteiger partial charge in [-0.05, 0) is 53.9 Å². The number of nitrogens with zero attached hydrogens (tertiary/aromatic N) is 1. The first-order chi connectivity index (χ1) is 17.6. The maximum absolute atomic E-state index is 14.5. The van der Waals surface area contributed by atoms with Gasteiger partial charge in [0.15, 0.2) is 0 Å². The van der Waals surface area contributed by atoms with Crippen LogP contribution in [0.4, 0.5) is 0 Å². The van der Waals surface area contributed by atoms with Gasteiger partial charge in [0, 0.05) is 11.0 Å². The normalized spacial score (nSPS) is 42.0. The van der Waals surface area contributed by atoms with Gasteiger partial charge in [0.25, 0.3) is 0 Å². The predicted octanol–water partition coefficient (Wildman–Crippen LogP) is 3.06. The third-order valence-corrected chi connectivity index (χ3v) is 12.5. The first-order valence-corrected chi connectivity index (χ1v) is 14.6. The van der Waals surface area contributed by atoms with E-state index in [1.807, 2.05) is 6.20 Å². The number of aliphatic carboxylic acids is 1. The fraction of sp³-hybridized carbons (Fsp3) is 0.750. The maximum atomic E-state index is 14.5. The van der Waals surface area contributed by atoms with Crippen LogP contribution in [0.1, 0.15) is 105 Å². The van der Waals surface area contributed by atoms with Crippen molar-refractivity contribution in [2.45, 2.75) is 111 Å². The monoisotopic (exact) mass is 528 g/mol. The van der Waals surface area contributed by atoms with E-state index in [0.717, 1.165) is 57.1 Å². The molecule has 5 aliphatic carbocycles. The molecular weight excluding hydrogens is 483 g/mol. The van der Waals surface area contributed by atoms with Crippen LogP contribution >= 0.6 is 0 Å². The van der Waals surface area contributed by atoms with Crippen molar-refractivity contribution in [3.8, 4) is 0 Å². The number of fused-ring (bicyclic) bond motifs is 8.